The number of alkyl halides is 5. The molecule has 2 nitrogen and oxygen atoms in total. The van der Waals surface area contributed by atoms with E-state index in [1.165, 1.54) is 0 Å². The van der Waals surface area contributed by atoms with Crippen LogP contribution in [0.15, 0.2) is 0 Å². The van der Waals surface area contributed by atoms with Crippen LogP contribution in [0.3, 0.4) is 0 Å². The maximum absolute atomic E-state index is 12.6. The number of halogens is 5. The van der Waals surface area contributed by atoms with Crippen molar-refractivity contribution < 1.29 is 23.0 Å². The molecule has 1 radical (unpaired) electrons. The second-order valence-corrected chi connectivity index (χ2v) is 3.51. The Bertz CT molecular complexity index is 142. The van der Waals surface area contributed by atoms with Gasteiger partial charge in [-0.1, -0.05) is 23.2 Å². The molecule has 0 saturated carbocycles. The second kappa shape index (κ2) is 5.90. The Morgan fingerprint density at radius 3 is 2.31 bits per heavy atom. The normalized spacial score (nSPS) is 17.1. The summed E-state index contributed by atoms with van der Waals surface area (Å²) in [6.07, 6.45) is -4.49. The largest absolute Gasteiger partial charge is 0.336 e. The first kappa shape index (κ1) is 13.3. The number of rotatable bonds is 6. The minimum Gasteiger partial charge on any atom is -0.336 e. The molecule has 0 amide bonds. The third-order valence-corrected chi connectivity index (χ3v) is 1.65. The van der Waals surface area contributed by atoms with Crippen LogP contribution in [-0.4, -0.2) is 30.3 Å². The van der Waals surface area contributed by atoms with Crippen molar-refractivity contribution in [3.05, 3.63) is 0 Å². The van der Waals surface area contributed by atoms with E-state index in [2.05, 4.69) is 4.74 Å². The van der Waals surface area contributed by atoms with E-state index in [4.69, 9.17) is 23.2 Å². The number of hydrogen-bond acceptors (Lipinski definition) is 1. The summed E-state index contributed by atoms with van der Waals surface area (Å²) in [4.78, 5) is 0. The van der Waals surface area contributed by atoms with Crippen molar-refractivity contribution in [1.29, 1.82) is 0 Å². The van der Waals surface area contributed by atoms with Crippen LogP contribution in [-0.2, 0) is 9.84 Å². The maximum atomic E-state index is 12.6. The molecular formula is C6H8Cl2F3O2. The Morgan fingerprint density at radius 2 is 2.00 bits per heavy atom. The zero-order chi connectivity index (χ0) is 10.5. The quantitative estimate of drug-likeness (QED) is 0.656. The highest BCUT2D eigenvalue weighted by Crippen LogP contribution is 2.30. The topological polar surface area (TPSA) is 29.1 Å². The van der Waals surface area contributed by atoms with Crippen LogP contribution in [0.1, 0.15) is 6.42 Å². The zero-order valence-electron chi connectivity index (χ0n) is 6.48. The second-order valence-electron chi connectivity index (χ2n) is 2.22. The molecule has 0 aromatic carbocycles. The monoisotopic (exact) mass is 239 g/mol. The molecule has 0 rings (SSSR count). The van der Waals surface area contributed by atoms with Crippen LogP contribution in [0.25, 0.3) is 0 Å². The summed E-state index contributed by atoms with van der Waals surface area (Å²) < 4.78 is 37.8. The molecule has 0 aromatic heterocycles. The smallest absolute Gasteiger partial charge is 0.285 e. The van der Waals surface area contributed by atoms with Gasteiger partial charge in [0.2, 0.25) is 6.36 Å². The molecule has 0 saturated heterocycles. The molecule has 0 aliphatic carbocycles. The van der Waals surface area contributed by atoms with E-state index in [-0.39, 0.29) is 0 Å². The Balaban J connectivity index is 3.98. The predicted octanol–water partition coefficient (Wildman–Crippen LogP) is 2.56. The predicted molar refractivity (Wildman–Crippen MR) is 41.5 cm³/mol. The first-order valence-corrected chi connectivity index (χ1v) is 4.17. The molecule has 0 N–H and O–H groups in total. The van der Waals surface area contributed by atoms with E-state index in [9.17, 15) is 18.3 Å². The highest BCUT2D eigenvalue weighted by molar-refractivity contribution is 6.47. The molecular weight excluding hydrogens is 232 g/mol. The van der Waals surface area contributed by atoms with Gasteiger partial charge in [-0.25, -0.2) is 13.9 Å². The minimum atomic E-state index is -2.96. The minimum absolute atomic E-state index is 0.583. The Morgan fingerprint density at radius 1 is 1.46 bits per heavy atom. The highest BCUT2D eigenvalue weighted by atomic mass is 35.5. The first-order chi connectivity index (χ1) is 5.91. The van der Waals surface area contributed by atoms with Crippen molar-refractivity contribution in [2.75, 3.05) is 13.3 Å². The first-order valence-electron chi connectivity index (χ1n) is 3.42. The molecule has 0 bridgehead atoms. The van der Waals surface area contributed by atoms with E-state index in [0.29, 0.717) is 0 Å². The van der Waals surface area contributed by atoms with Gasteiger partial charge in [-0.15, -0.1) is 0 Å². The van der Waals surface area contributed by atoms with Crippen molar-refractivity contribution >= 4 is 23.2 Å². The Kier molecular flexibility index (Phi) is 6.04. The molecule has 79 valence electrons. The average Bonchev–Trinajstić information content (AvgIpc) is 1.98. The van der Waals surface area contributed by atoms with Gasteiger partial charge in [-0.3, -0.25) is 4.39 Å². The van der Waals surface area contributed by atoms with E-state index < -0.39 is 36.8 Å². The molecule has 0 aliphatic heterocycles. The van der Waals surface area contributed by atoms with Crippen molar-refractivity contribution in [2.24, 2.45) is 0 Å². The number of hydrogen-bond donors (Lipinski definition) is 0. The van der Waals surface area contributed by atoms with Gasteiger partial charge in [-0.05, 0) is 0 Å². The van der Waals surface area contributed by atoms with Gasteiger partial charge in [0.1, 0.15) is 6.61 Å². The van der Waals surface area contributed by atoms with E-state index >= 15 is 0 Å². The lowest BCUT2D eigenvalue weighted by Crippen LogP contribution is -2.35. The van der Waals surface area contributed by atoms with Crippen LogP contribution in [0, 0.1) is 0 Å². The standard InChI is InChI=1S/C6H8Cl2F3O2/c7-6(8,11)4(3-12)13-5(10)1-2-9/h4-5H,1-3H2. The molecule has 0 heterocycles. The van der Waals surface area contributed by atoms with Gasteiger partial charge < -0.3 is 4.74 Å². The molecule has 7 heteroatoms. The van der Waals surface area contributed by atoms with Gasteiger partial charge in [0.15, 0.2) is 6.10 Å². The summed E-state index contributed by atoms with van der Waals surface area (Å²) in [6, 6.07) is 0. The van der Waals surface area contributed by atoms with Crippen molar-refractivity contribution in [1.82, 2.24) is 0 Å². The fraction of sp³-hybridized carbons (Fsp3) is 1.00. The van der Waals surface area contributed by atoms with Gasteiger partial charge in [-0.2, -0.15) is 0 Å². The molecule has 2 atom stereocenters. The van der Waals surface area contributed by atoms with Crippen LogP contribution >= 0.6 is 23.2 Å². The average molecular weight is 240 g/mol. The summed E-state index contributed by atoms with van der Waals surface area (Å²) in [6.45, 7) is -2.12. The maximum Gasteiger partial charge on any atom is 0.285 e. The fourth-order valence-electron chi connectivity index (χ4n) is 0.543. The van der Waals surface area contributed by atoms with Crippen molar-refractivity contribution in [3.8, 4) is 0 Å². The SMILES string of the molecule is [O]CC(OC(F)CCF)C(F)(Cl)Cl. The van der Waals surface area contributed by atoms with Crippen LogP contribution < -0.4 is 0 Å². The molecule has 0 spiro atoms. The lowest BCUT2D eigenvalue weighted by atomic mass is 10.4. The summed E-state index contributed by atoms with van der Waals surface area (Å²) in [5.74, 6) is 0. The fourth-order valence-corrected chi connectivity index (χ4v) is 0.772. The third kappa shape index (κ3) is 5.57. The van der Waals surface area contributed by atoms with Gasteiger partial charge in [0.25, 0.3) is 4.59 Å². The summed E-state index contributed by atoms with van der Waals surface area (Å²) in [7, 11) is 0. The zero-order valence-corrected chi connectivity index (χ0v) is 7.99. The lowest BCUT2D eigenvalue weighted by molar-refractivity contribution is -0.133. The molecule has 13 heavy (non-hydrogen) atoms. The van der Waals surface area contributed by atoms with Crippen LogP contribution in [0.5, 0.6) is 0 Å². The Hall–Kier alpha value is 0.290. The van der Waals surface area contributed by atoms with E-state index in [0.717, 1.165) is 0 Å². The number of ether oxygens (including phenoxy) is 1. The highest BCUT2D eigenvalue weighted by Gasteiger charge is 2.37. The van der Waals surface area contributed by atoms with E-state index in [1.54, 1.807) is 0 Å². The molecule has 2 unspecified atom stereocenters. The summed E-state index contributed by atoms with van der Waals surface area (Å²) >= 11 is 9.71. The van der Waals surface area contributed by atoms with Gasteiger partial charge >= 0.3 is 0 Å². The van der Waals surface area contributed by atoms with Crippen molar-refractivity contribution in [3.63, 3.8) is 0 Å². The molecule has 0 fully saturated rings. The van der Waals surface area contributed by atoms with E-state index in [1.807, 2.05) is 0 Å². The van der Waals surface area contributed by atoms with Gasteiger partial charge in [0.05, 0.1) is 6.67 Å². The third-order valence-electron chi connectivity index (χ3n) is 1.16. The molecule has 0 aromatic rings. The van der Waals surface area contributed by atoms with Crippen LogP contribution in [0.2, 0.25) is 0 Å². The lowest BCUT2D eigenvalue weighted by Gasteiger charge is -2.21. The van der Waals surface area contributed by atoms with Gasteiger partial charge in [0, 0.05) is 6.42 Å². The Labute approximate surface area is 83.6 Å². The summed E-state index contributed by atoms with van der Waals surface area (Å²) in [5.41, 5.74) is 0. The van der Waals surface area contributed by atoms with Crippen molar-refractivity contribution in [2.45, 2.75) is 23.5 Å². The summed E-state index contributed by atoms with van der Waals surface area (Å²) in [5, 5.41) is 10.2. The molecule has 0 aliphatic rings. The van der Waals surface area contributed by atoms with Crippen LogP contribution in [0.4, 0.5) is 13.2 Å².